The van der Waals surface area contributed by atoms with Gasteiger partial charge in [-0.15, -0.1) is 0 Å². The number of amides is 2. The van der Waals surface area contributed by atoms with Gasteiger partial charge < -0.3 is 15.7 Å². The summed E-state index contributed by atoms with van der Waals surface area (Å²) in [5, 5.41) is 14.5. The summed E-state index contributed by atoms with van der Waals surface area (Å²) in [5.41, 5.74) is 3.83. The van der Waals surface area contributed by atoms with Crippen molar-refractivity contribution in [2.24, 2.45) is 0 Å². The Labute approximate surface area is 147 Å². The molecule has 3 N–H and O–H groups in total. The van der Waals surface area contributed by atoms with E-state index in [4.69, 9.17) is 5.11 Å². The van der Waals surface area contributed by atoms with Crippen molar-refractivity contribution < 1.29 is 19.5 Å². The summed E-state index contributed by atoms with van der Waals surface area (Å²) in [6, 6.07) is 3.36. The molecule has 7 heteroatoms. The molecule has 1 aliphatic rings. The summed E-state index contributed by atoms with van der Waals surface area (Å²) in [6.07, 6.45) is 1.31. The Hall–Kier alpha value is -2.41. The van der Waals surface area contributed by atoms with Crippen LogP contribution in [-0.4, -0.2) is 53.5 Å². The van der Waals surface area contributed by atoms with Gasteiger partial charge in [-0.3, -0.25) is 19.3 Å². The quantitative estimate of drug-likeness (QED) is 0.718. The van der Waals surface area contributed by atoms with Gasteiger partial charge in [0.05, 0.1) is 13.1 Å². The number of rotatable bonds is 6. The third-order valence-corrected chi connectivity index (χ3v) is 4.38. The number of carboxylic acids is 1. The van der Waals surface area contributed by atoms with Crippen LogP contribution in [-0.2, 0) is 14.4 Å². The molecule has 0 saturated carbocycles. The molecule has 0 spiro atoms. The first-order valence-electron chi connectivity index (χ1n) is 8.39. The average Bonchev–Trinajstić information content (AvgIpc) is 2.97. The zero-order valence-electron chi connectivity index (χ0n) is 14.9. The number of hydrogen-bond acceptors (Lipinski definition) is 4. The molecule has 0 aliphatic carbocycles. The Kier molecular flexibility index (Phi) is 6.14. The number of hydrogen-bond donors (Lipinski definition) is 3. The lowest BCUT2D eigenvalue weighted by Gasteiger charge is -2.20. The first kappa shape index (κ1) is 18.9. The summed E-state index contributed by atoms with van der Waals surface area (Å²) >= 11 is 0. The summed E-state index contributed by atoms with van der Waals surface area (Å²) in [5.74, 6) is -1.56. The maximum atomic E-state index is 12.1. The SMILES string of the molecule is Cc1cc(C)c(NC(=O)CNC(=O)CN2CCC[C@H]2C(=O)O)c(C)c1. The zero-order chi connectivity index (χ0) is 18.6. The van der Waals surface area contributed by atoms with Gasteiger partial charge in [-0.1, -0.05) is 17.7 Å². The van der Waals surface area contributed by atoms with Gasteiger partial charge in [0.25, 0.3) is 0 Å². The molecule has 7 nitrogen and oxygen atoms in total. The molecule has 1 aromatic carbocycles. The van der Waals surface area contributed by atoms with Gasteiger partial charge in [0.1, 0.15) is 6.04 Å². The number of carbonyl (C=O) groups excluding carboxylic acids is 2. The van der Waals surface area contributed by atoms with Crippen molar-refractivity contribution in [3.63, 3.8) is 0 Å². The number of carbonyl (C=O) groups is 3. The normalized spacial score (nSPS) is 17.3. The van der Waals surface area contributed by atoms with Crippen molar-refractivity contribution in [3.8, 4) is 0 Å². The molecule has 2 rings (SSSR count). The van der Waals surface area contributed by atoms with Crippen LogP contribution < -0.4 is 10.6 Å². The van der Waals surface area contributed by atoms with Crippen LogP contribution in [0.5, 0.6) is 0 Å². The first-order valence-corrected chi connectivity index (χ1v) is 8.39. The molecule has 0 unspecified atom stereocenters. The van der Waals surface area contributed by atoms with E-state index in [-0.39, 0.29) is 24.9 Å². The molecule has 0 bridgehead atoms. The molecule has 1 fully saturated rings. The Balaban J connectivity index is 1.84. The van der Waals surface area contributed by atoms with E-state index in [0.717, 1.165) is 28.8 Å². The molecule has 0 radical (unpaired) electrons. The summed E-state index contributed by atoms with van der Waals surface area (Å²) in [7, 11) is 0. The fourth-order valence-corrected chi connectivity index (χ4v) is 3.28. The number of nitrogens with zero attached hydrogens (tertiary/aromatic N) is 1. The van der Waals surface area contributed by atoms with Crippen molar-refractivity contribution in [1.82, 2.24) is 10.2 Å². The minimum atomic E-state index is -0.909. The second kappa shape index (κ2) is 8.11. The Morgan fingerprint density at radius 2 is 1.80 bits per heavy atom. The fourth-order valence-electron chi connectivity index (χ4n) is 3.28. The van der Waals surface area contributed by atoms with Crippen LogP contribution in [0.3, 0.4) is 0 Å². The summed E-state index contributed by atoms with van der Waals surface area (Å²) in [4.78, 5) is 36.8. The molecule has 1 aliphatic heterocycles. The number of aryl methyl sites for hydroxylation is 3. The van der Waals surface area contributed by atoms with Crippen LogP contribution in [0.2, 0.25) is 0 Å². The number of anilines is 1. The average molecular weight is 347 g/mol. The standard InChI is InChI=1S/C18H25N3O4/c1-11-7-12(2)17(13(3)8-11)20-15(22)9-19-16(23)10-21-6-4-5-14(21)18(24)25/h7-8,14H,4-6,9-10H2,1-3H3,(H,19,23)(H,20,22)(H,24,25)/t14-/m0/s1. The molecule has 25 heavy (non-hydrogen) atoms. The van der Waals surface area contributed by atoms with Crippen LogP contribution in [0, 0.1) is 20.8 Å². The van der Waals surface area contributed by atoms with Gasteiger partial charge >= 0.3 is 5.97 Å². The van der Waals surface area contributed by atoms with E-state index in [1.54, 1.807) is 4.90 Å². The highest BCUT2D eigenvalue weighted by Gasteiger charge is 2.31. The number of nitrogens with one attached hydrogen (secondary N) is 2. The molecular formula is C18H25N3O4. The molecule has 136 valence electrons. The third-order valence-electron chi connectivity index (χ3n) is 4.38. The molecule has 1 heterocycles. The lowest BCUT2D eigenvalue weighted by Crippen LogP contribution is -2.44. The predicted octanol–water partition coefficient (Wildman–Crippen LogP) is 1.22. The highest BCUT2D eigenvalue weighted by Crippen LogP contribution is 2.21. The largest absolute Gasteiger partial charge is 0.480 e. The smallest absolute Gasteiger partial charge is 0.320 e. The zero-order valence-corrected chi connectivity index (χ0v) is 14.9. The lowest BCUT2D eigenvalue weighted by atomic mass is 10.1. The van der Waals surface area contributed by atoms with Gasteiger partial charge in [-0.25, -0.2) is 0 Å². The topological polar surface area (TPSA) is 98.7 Å². The maximum Gasteiger partial charge on any atom is 0.320 e. The van der Waals surface area contributed by atoms with Crippen LogP contribution in [0.25, 0.3) is 0 Å². The van der Waals surface area contributed by atoms with Crippen molar-refractivity contribution in [1.29, 1.82) is 0 Å². The van der Waals surface area contributed by atoms with E-state index in [1.165, 1.54) is 0 Å². The van der Waals surface area contributed by atoms with E-state index in [9.17, 15) is 14.4 Å². The third kappa shape index (κ3) is 5.03. The molecule has 0 aromatic heterocycles. The van der Waals surface area contributed by atoms with Crippen molar-refractivity contribution in [2.75, 3.05) is 25.0 Å². The summed E-state index contributed by atoms with van der Waals surface area (Å²) in [6.45, 7) is 6.28. The van der Waals surface area contributed by atoms with Gasteiger partial charge in [-0.2, -0.15) is 0 Å². The molecule has 2 amide bonds. The van der Waals surface area contributed by atoms with Crippen LogP contribution >= 0.6 is 0 Å². The van der Waals surface area contributed by atoms with E-state index in [1.807, 2.05) is 32.9 Å². The maximum absolute atomic E-state index is 12.1. The van der Waals surface area contributed by atoms with E-state index >= 15 is 0 Å². The van der Waals surface area contributed by atoms with Crippen molar-refractivity contribution in [3.05, 3.63) is 28.8 Å². The van der Waals surface area contributed by atoms with Gasteiger partial charge in [0.15, 0.2) is 0 Å². The number of carboxylic acid groups (broad SMARTS) is 1. The fraction of sp³-hybridized carbons (Fsp3) is 0.500. The first-order chi connectivity index (χ1) is 11.8. The number of likely N-dealkylation sites (tertiary alicyclic amines) is 1. The van der Waals surface area contributed by atoms with Crippen LogP contribution in [0.15, 0.2) is 12.1 Å². The molecule has 1 aromatic rings. The number of benzene rings is 1. The summed E-state index contributed by atoms with van der Waals surface area (Å²) < 4.78 is 0. The van der Waals surface area contributed by atoms with E-state index in [2.05, 4.69) is 10.6 Å². The predicted molar refractivity (Wildman–Crippen MR) is 94.5 cm³/mol. The minimum Gasteiger partial charge on any atom is -0.480 e. The molecule has 1 atom stereocenters. The monoisotopic (exact) mass is 347 g/mol. The van der Waals surface area contributed by atoms with Crippen molar-refractivity contribution >= 4 is 23.5 Å². The second-order valence-electron chi connectivity index (χ2n) is 6.57. The van der Waals surface area contributed by atoms with Gasteiger partial charge in [0, 0.05) is 5.69 Å². The Morgan fingerprint density at radius 1 is 1.16 bits per heavy atom. The van der Waals surface area contributed by atoms with Gasteiger partial charge in [-0.05, 0) is 51.3 Å². The second-order valence-corrected chi connectivity index (χ2v) is 6.57. The van der Waals surface area contributed by atoms with E-state index < -0.39 is 12.0 Å². The highest BCUT2D eigenvalue weighted by atomic mass is 16.4. The lowest BCUT2D eigenvalue weighted by molar-refractivity contribution is -0.142. The molecular weight excluding hydrogens is 322 g/mol. The van der Waals surface area contributed by atoms with Crippen LogP contribution in [0.4, 0.5) is 5.69 Å². The van der Waals surface area contributed by atoms with Crippen molar-refractivity contribution in [2.45, 2.75) is 39.7 Å². The number of aliphatic carboxylic acids is 1. The Bertz CT molecular complexity index is 664. The Morgan fingerprint density at radius 3 is 2.40 bits per heavy atom. The van der Waals surface area contributed by atoms with Crippen LogP contribution in [0.1, 0.15) is 29.5 Å². The van der Waals surface area contributed by atoms with E-state index in [0.29, 0.717) is 13.0 Å². The van der Waals surface area contributed by atoms with Gasteiger partial charge in [0.2, 0.25) is 11.8 Å². The molecule has 1 saturated heterocycles. The highest BCUT2D eigenvalue weighted by molar-refractivity contribution is 5.96. The minimum absolute atomic E-state index is 0.00711.